The summed E-state index contributed by atoms with van der Waals surface area (Å²) in [6.07, 6.45) is 9.65. The standard InChI is InChI=1S/C7H16.C4H10.C2H6.I2.HI/c1-3-5-7-6-4-2;1-3-4-2;2*1-2;/h3-7H2,1-2H3;3-4H2,1-2H3;1-2H3;;1H. The Balaban J connectivity index is -0.0000000388. The molecule has 0 amide bonds. The molecule has 0 spiro atoms. The molecular formula is C13H33I3. The number of unbranched alkanes of at least 4 members (excludes halogenated alkanes) is 5. The van der Waals surface area contributed by atoms with E-state index in [1.807, 2.05) is 13.8 Å². The summed E-state index contributed by atoms with van der Waals surface area (Å²) in [5.41, 5.74) is 0. The number of halogens is 3. The van der Waals surface area contributed by atoms with Gasteiger partial charge in [0, 0.05) is 37.2 Å². The van der Waals surface area contributed by atoms with Gasteiger partial charge < -0.3 is 0 Å². The normalized spacial score (nSPS) is 6.75. The van der Waals surface area contributed by atoms with Gasteiger partial charge in [-0.25, -0.2) is 0 Å². The van der Waals surface area contributed by atoms with Gasteiger partial charge in [-0.2, -0.15) is 0 Å². The van der Waals surface area contributed by atoms with Gasteiger partial charge in [0.05, 0.1) is 0 Å². The van der Waals surface area contributed by atoms with Crippen LogP contribution in [0, 0.1) is 0 Å². The maximum Gasteiger partial charge on any atom is 0 e. The Morgan fingerprint density at radius 2 is 0.812 bits per heavy atom. The summed E-state index contributed by atoms with van der Waals surface area (Å²) in [4.78, 5) is 0. The van der Waals surface area contributed by atoms with Gasteiger partial charge >= 0.3 is 0 Å². The van der Waals surface area contributed by atoms with E-state index in [4.69, 9.17) is 0 Å². The van der Waals surface area contributed by atoms with Crippen LogP contribution in [0.3, 0.4) is 0 Å². The van der Waals surface area contributed by atoms with E-state index < -0.39 is 0 Å². The molecule has 0 aliphatic rings. The Bertz CT molecular complexity index is 44.4. The van der Waals surface area contributed by atoms with Gasteiger partial charge in [0.15, 0.2) is 0 Å². The Labute approximate surface area is 146 Å². The molecule has 0 aromatic heterocycles. The molecule has 0 aliphatic heterocycles. The van der Waals surface area contributed by atoms with Crippen LogP contribution in [0.1, 0.15) is 86.5 Å². The lowest BCUT2D eigenvalue weighted by atomic mass is 10.2. The van der Waals surface area contributed by atoms with Crippen LogP contribution in [-0.2, 0) is 0 Å². The van der Waals surface area contributed by atoms with Crippen molar-refractivity contribution < 1.29 is 0 Å². The van der Waals surface area contributed by atoms with Crippen molar-refractivity contribution in [1.29, 1.82) is 0 Å². The van der Waals surface area contributed by atoms with Crippen LogP contribution in [-0.4, -0.2) is 0 Å². The third-order valence-corrected chi connectivity index (χ3v) is 1.71. The summed E-state index contributed by atoms with van der Waals surface area (Å²) in [6.45, 7) is 12.9. The summed E-state index contributed by atoms with van der Waals surface area (Å²) in [5, 5.41) is 0. The van der Waals surface area contributed by atoms with Crippen molar-refractivity contribution in [3.63, 3.8) is 0 Å². The fourth-order valence-corrected chi connectivity index (χ4v) is 0.677. The average molecular weight is 570 g/mol. The molecule has 0 aromatic carbocycles. The van der Waals surface area contributed by atoms with Crippen LogP contribution in [0.5, 0.6) is 0 Å². The van der Waals surface area contributed by atoms with E-state index in [-0.39, 0.29) is 24.0 Å². The Morgan fingerprint density at radius 1 is 0.562 bits per heavy atom. The van der Waals surface area contributed by atoms with Crippen molar-refractivity contribution in [3.8, 4) is 0 Å². The molecule has 0 heterocycles. The van der Waals surface area contributed by atoms with E-state index in [0.717, 1.165) is 0 Å². The van der Waals surface area contributed by atoms with Crippen molar-refractivity contribution in [2.75, 3.05) is 0 Å². The minimum atomic E-state index is 0. The SMILES string of the molecule is CC.CCCC.CCCCCCC.I.II. The van der Waals surface area contributed by atoms with Crippen molar-refractivity contribution in [1.82, 2.24) is 0 Å². The minimum Gasteiger partial charge on any atom is -0.107 e. The molecule has 106 valence electrons. The molecule has 0 fully saturated rings. The van der Waals surface area contributed by atoms with Crippen LogP contribution >= 0.6 is 61.2 Å². The van der Waals surface area contributed by atoms with E-state index in [1.165, 1.54) is 44.9 Å². The first-order valence-corrected chi connectivity index (χ1v) is 12.8. The Kier molecular flexibility index (Phi) is 103. The molecule has 0 N–H and O–H groups in total. The highest BCUT2D eigenvalue weighted by atomic mass is 128. The van der Waals surface area contributed by atoms with Crippen LogP contribution in [0.25, 0.3) is 0 Å². The smallest absolute Gasteiger partial charge is 0 e. The topological polar surface area (TPSA) is 0 Å². The molecule has 0 nitrogen and oxygen atoms in total. The molecule has 0 bridgehead atoms. The minimum absolute atomic E-state index is 0. The summed E-state index contributed by atoms with van der Waals surface area (Å²) in [7, 11) is 0. The molecular weight excluding hydrogens is 537 g/mol. The van der Waals surface area contributed by atoms with E-state index >= 15 is 0 Å². The number of hydrogen-bond donors (Lipinski definition) is 0. The molecule has 0 atom stereocenters. The first-order valence-electron chi connectivity index (χ1n) is 6.47. The van der Waals surface area contributed by atoms with Gasteiger partial charge in [0.25, 0.3) is 0 Å². The summed E-state index contributed by atoms with van der Waals surface area (Å²) >= 11 is 4.24. The van der Waals surface area contributed by atoms with Gasteiger partial charge in [-0.15, -0.1) is 24.0 Å². The second kappa shape index (κ2) is 53.4. The highest BCUT2D eigenvalue weighted by Gasteiger charge is 1.80. The largest absolute Gasteiger partial charge is 0.107 e. The van der Waals surface area contributed by atoms with Crippen molar-refractivity contribution in [2.45, 2.75) is 86.5 Å². The average Bonchev–Trinajstić information content (AvgIpc) is 2.35. The Hall–Kier alpha value is 2.19. The predicted octanol–water partition coefficient (Wildman–Crippen LogP) is 8.20. The quantitative estimate of drug-likeness (QED) is 0.231. The van der Waals surface area contributed by atoms with Crippen LogP contribution in [0.15, 0.2) is 0 Å². The molecule has 0 saturated carbocycles. The van der Waals surface area contributed by atoms with E-state index in [1.54, 1.807) is 0 Å². The first-order chi connectivity index (χ1) is 7.33. The van der Waals surface area contributed by atoms with Crippen LogP contribution in [0.2, 0.25) is 0 Å². The molecule has 0 rings (SSSR count). The van der Waals surface area contributed by atoms with Gasteiger partial charge in [-0.05, 0) is 0 Å². The Morgan fingerprint density at radius 3 is 0.938 bits per heavy atom. The van der Waals surface area contributed by atoms with Crippen molar-refractivity contribution in [2.24, 2.45) is 0 Å². The number of hydrogen-bond acceptors (Lipinski definition) is 0. The molecule has 16 heavy (non-hydrogen) atoms. The summed E-state index contributed by atoms with van der Waals surface area (Å²) in [6, 6.07) is 0. The monoisotopic (exact) mass is 570 g/mol. The summed E-state index contributed by atoms with van der Waals surface area (Å²) in [5.74, 6) is 0. The van der Waals surface area contributed by atoms with E-state index in [9.17, 15) is 0 Å². The predicted molar refractivity (Wildman–Crippen MR) is 110 cm³/mol. The molecule has 0 saturated heterocycles. The zero-order valence-corrected chi connectivity index (χ0v) is 18.8. The summed E-state index contributed by atoms with van der Waals surface area (Å²) < 4.78 is 0. The molecule has 0 radical (unpaired) electrons. The fourth-order valence-electron chi connectivity index (χ4n) is 0.677. The lowest BCUT2D eigenvalue weighted by molar-refractivity contribution is 0.656. The van der Waals surface area contributed by atoms with Gasteiger partial charge in [-0.1, -0.05) is 86.5 Å². The van der Waals surface area contributed by atoms with Gasteiger partial charge in [0.2, 0.25) is 0 Å². The van der Waals surface area contributed by atoms with Gasteiger partial charge in [0.1, 0.15) is 0 Å². The maximum atomic E-state index is 2.25. The highest BCUT2D eigenvalue weighted by Crippen LogP contribution is 2.00. The van der Waals surface area contributed by atoms with Crippen molar-refractivity contribution in [3.05, 3.63) is 0 Å². The third kappa shape index (κ3) is 72.3. The van der Waals surface area contributed by atoms with Gasteiger partial charge in [-0.3, -0.25) is 0 Å². The fraction of sp³-hybridized carbons (Fsp3) is 1.00. The second-order valence-corrected chi connectivity index (χ2v) is 3.06. The highest BCUT2D eigenvalue weighted by molar-refractivity contribution is 15.0. The van der Waals surface area contributed by atoms with E-state index in [2.05, 4.69) is 64.9 Å². The zero-order chi connectivity index (χ0) is 12.9. The molecule has 0 unspecified atom stereocenters. The lowest BCUT2D eigenvalue weighted by Gasteiger charge is -1.90. The zero-order valence-electron chi connectivity index (χ0n) is 12.1. The first kappa shape index (κ1) is 30.9. The van der Waals surface area contributed by atoms with Crippen molar-refractivity contribution >= 4 is 61.2 Å². The lowest BCUT2D eigenvalue weighted by Crippen LogP contribution is -1.70. The molecule has 0 aliphatic carbocycles. The number of rotatable bonds is 5. The maximum absolute atomic E-state index is 2.25. The van der Waals surface area contributed by atoms with Crippen LogP contribution < -0.4 is 0 Å². The molecule has 0 aromatic rings. The van der Waals surface area contributed by atoms with Crippen LogP contribution in [0.4, 0.5) is 0 Å². The molecule has 3 heteroatoms. The second-order valence-electron chi connectivity index (χ2n) is 3.06. The third-order valence-electron chi connectivity index (χ3n) is 1.71. The van der Waals surface area contributed by atoms with E-state index in [0.29, 0.717) is 0 Å².